The number of rotatable bonds is 8. The van der Waals surface area contributed by atoms with Crippen molar-refractivity contribution in [2.24, 2.45) is 0 Å². The van der Waals surface area contributed by atoms with E-state index in [1.165, 1.54) is 25.7 Å². The maximum Gasteiger partial charge on any atom is 0.249 e. The van der Waals surface area contributed by atoms with Gasteiger partial charge in [-0.15, -0.1) is 0 Å². The van der Waals surface area contributed by atoms with Crippen molar-refractivity contribution in [3.63, 3.8) is 0 Å². The molecule has 2 saturated heterocycles. The first-order chi connectivity index (χ1) is 14.8. The summed E-state index contributed by atoms with van der Waals surface area (Å²) >= 11 is 0. The van der Waals surface area contributed by atoms with Gasteiger partial charge in [-0.3, -0.25) is 9.69 Å². The molecule has 0 saturated carbocycles. The van der Waals surface area contributed by atoms with Gasteiger partial charge in [-0.05, 0) is 44.3 Å². The van der Waals surface area contributed by atoms with Gasteiger partial charge in [0.25, 0.3) is 0 Å². The number of hydrogen-bond donors (Lipinski definition) is 0. The largest absolute Gasteiger partial charge is 0.376 e. The van der Waals surface area contributed by atoms with Crippen LogP contribution in [0.25, 0.3) is 0 Å². The summed E-state index contributed by atoms with van der Waals surface area (Å²) in [4.78, 5) is 21.7. The normalized spacial score (nSPS) is 20.4. The van der Waals surface area contributed by atoms with Gasteiger partial charge in [0.05, 0.1) is 19.8 Å². The minimum atomic E-state index is -0.0871. The fourth-order valence-corrected chi connectivity index (χ4v) is 4.33. The molecular weight excluding hydrogens is 380 g/mol. The number of nitrogens with zero attached hydrogens (tertiary/aromatic N) is 4. The summed E-state index contributed by atoms with van der Waals surface area (Å²) in [7, 11) is 0. The van der Waals surface area contributed by atoms with Gasteiger partial charge >= 0.3 is 0 Å². The molecule has 1 atom stereocenters. The molecule has 1 aromatic heterocycles. The van der Waals surface area contributed by atoms with Crippen molar-refractivity contribution in [1.82, 2.24) is 19.9 Å². The second-order valence-corrected chi connectivity index (χ2v) is 8.27. The average molecular weight is 413 g/mol. The minimum Gasteiger partial charge on any atom is -0.376 e. The molecule has 0 N–H and O–H groups in total. The van der Waals surface area contributed by atoms with E-state index in [1.807, 2.05) is 35.2 Å². The molecule has 1 amide bonds. The average Bonchev–Trinajstić information content (AvgIpc) is 3.37. The highest BCUT2D eigenvalue weighted by Gasteiger charge is 2.34. The molecule has 0 bridgehead atoms. The van der Waals surface area contributed by atoms with Crippen LogP contribution in [-0.2, 0) is 22.6 Å². The van der Waals surface area contributed by atoms with Crippen molar-refractivity contribution in [3.8, 4) is 0 Å². The minimum absolute atomic E-state index is 0.0871. The van der Waals surface area contributed by atoms with Crippen LogP contribution < -0.4 is 0 Å². The van der Waals surface area contributed by atoms with Gasteiger partial charge in [-0.2, -0.15) is 4.98 Å². The number of aromatic nitrogens is 2. The molecule has 2 aromatic rings. The van der Waals surface area contributed by atoms with Crippen molar-refractivity contribution in [3.05, 3.63) is 47.6 Å². The van der Waals surface area contributed by atoms with Crippen LogP contribution in [0, 0.1) is 0 Å². The summed E-state index contributed by atoms with van der Waals surface area (Å²) in [5.41, 5.74) is 1.15. The monoisotopic (exact) mass is 412 g/mol. The first-order valence-electron chi connectivity index (χ1n) is 11.3. The second-order valence-electron chi connectivity index (χ2n) is 8.27. The lowest BCUT2D eigenvalue weighted by Crippen LogP contribution is -2.40. The van der Waals surface area contributed by atoms with Crippen molar-refractivity contribution in [2.45, 2.75) is 57.6 Å². The molecule has 4 rings (SSSR count). The zero-order valence-corrected chi connectivity index (χ0v) is 17.7. The van der Waals surface area contributed by atoms with Crippen LogP contribution in [0.5, 0.6) is 0 Å². The van der Waals surface area contributed by atoms with E-state index in [9.17, 15) is 4.79 Å². The van der Waals surface area contributed by atoms with E-state index in [2.05, 4.69) is 15.0 Å². The fourth-order valence-electron chi connectivity index (χ4n) is 4.33. The van der Waals surface area contributed by atoms with Gasteiger partial charge in [0.1, 0.15) is 6.04 Å². The van der Waals surface area contributed by atoms with E-state index in [4.69, 9.17) is 9.26 Å². The number of likely N-dealkylation sites (tertiary alicyclic amines) is 2. The summed E-state index contributed by atoms with van der Waals surface area (Å²) in [6.45, 7) is 4.44. The maximum atomic E-state index is 12.9. The Morgan fingerprint density at radius 3 is 2.67 bits per heavy atom. The molecular formula is C23H32N4O3. The van der Waals surface area contributed by atoms with Crippen LogP contribution >= 0.6 is 0 Å². The topological polar surface area (TPSA) is 71.7 Å². The van der Waals surface area contributed by atoms with Crippen LogP contribution in [0.2, 0.25) is 0 Å². The molecule has 3 heterocycles. The van der Waals surface area contributed by atoms with Gasteiger partial charge in [0, 0.05) is 13.0 Å². The fraction of sp³-hybridized carbons (Fsp3) is 0.609. The summed E-state index contributed by atoms with van der Waals surface area (Å²) in [6.07, 6.45) is 7.40. The number of carbonyl (C=O) groups excluding carboxylic acids is 1. The van der Waals surface area contributed by atoms with E-state index in [1.54, 1.807) is 0 Å². The standard InChI is InChI=1S/C23H32N4O3/c28-22(17-26-13-6-1-2-7-14-26)27-15-8-11-20(27)23-24-21(25-30-23)12-16-29-18-19-9-4-3-5-10-19/h3-5,9-10,20H,1-2,6-8,11-18H2. The van der Waals surface area contributed by atoms with Gasteiger partial charge in [0.15, 0.2) is 5.82 Å². The Kier molecular flexibility index (Phi) is 7.48. The number of ether oxygens (including phenoxy) is 1. The van der Waals surface area contributed by atoms with E-state index in [0.717, 1.165) is 38.0 Å². The lowest BCUT2D eigenvalue weighted by molar-refractivity contribution is -0.133. The van der Waals surface area contributed by atoms with Gasteiger partial charge in [0.2, 0.25) is 11.8 Å². The highest BCUT2D eigenvalue weighted by molar-refractivity contribution is 5.79. The molecule has 2 aliphatic heterocycles. The molecule has 0 radical (unpaired) electrons. The Hall–Kier alpha value is -2.25. The Morgan fingerprint density at radius 1 is 1.07 bits per heavy atom. The predicted octanol–water partition coefficient (Wildman–Crippen LogP) is 3.37. The van der Waals surface area contributed by atoms with E-state index < -0.39 is 0 Å². The van der Waals surface area contributed by atoms with Gasteiger partial charge in [-0.25, -0.2) is 0 Å². The summed E-state index contributed by atoms with van der Waals surface area (Å²) in [6, 6.07) is 10.0. The Bertz CT molecular complexity index is 787. The first kappa shape index (κ1) is 21.0. The third kappa shape index (κ3) is 5.67. The first-order valence-corrected chi connectivity index (χ1v) is 11.3. The molecule has 2 aliphatic rings. The van der Waals surface area contributed by atoms with E-state index >= 15 is 0 Å². The van der Waals surface area contributed by atoms with Crippen LogP contribution in [0.4, 0.5) is 0 Å². The van der Waals surface area contributed by atoms with Crippen molar-refractivity contribution >= 4 is 5.91 Å². The molecule has 0 spiro atoms. The number of benzene rings is 1. The second kappa shape index (κ2) is 10.7. The Labute approximate surface area is 178 Å². The highest BCUT2D eigenvalue weighted by Crippen LogP contribution is 2.31. The zero-order chi connectivity index (χ0) is 20.6. The number of carbonyl (C=O) groups is 1. The summed E-state index contributed by atoms with van der Waals surface area (Å²) < 4.78 is 11.3. The van der Waals surface area contributed by atoms with E-state index in [0.29, 0.717) is 37.9 Å². The SMILES string of the molecule is O=C(CN1CCCCCC1)N1CCCC1c1nc(CCOCc2ccccc2)no1. The quantitative estimate of drug-likeness (QED) is 0.619. The molecule has 1 unspecified atom stereocenters. The van der Waals surface area contributed by atoms with Crippen LogP contribution in [0.15, 0.2) is 34.9 Å². The molecule has 0 aliphatic carbocycles. The molecule has 7 heteroatoms. The van der Waals surface area contributed by atoms with E-state index in [-0.39, 0.29) is 11.9 Å². The third-order valence-electron chi connectivity index (χ3n) is 5.98. The van der Waals surface area contributed by atoms with Crippen LogP contribution in [0.1, 0.15) is 61.8 Å². The lowest BCUT2D eigenvalue weighted by Gasteiger charge is -2.26. The smallest absolute Gasteiger partial charge is 0.249 e. The summed E-state index contributed by atoms with van der Waals surface area (Å²) in [5.74, 6) is 1.39. The molecule has 2 fully saturated rings. The Morgan fingerprint density at radius 2 is 1.87 bits per heavy atom. The Balaban J connectivity index is 1.26. The maximum absolute atomic E-state index is 12.9. The van der Waals surface area contributed by atoms with Crippen molar-refractivity contribution in [1.29, 1.82) is 0 Å². The number of hydrogen-bond acceptors (Lipinski definition) is 6. The van der Waals surface area contributed by atoms with Crippen LogP contribution in [-0.4, -0.2) is 58.6 Å². The predicted molar refractivity (Wildman–Crippen MR) is 113 cm³/mol. The van der Waals surface area contributed by atoms with Gasteiger partial charge < -0.3 is 14.2 Å². The summed E-state index contributed by atoms with van der Waals surface area (Å²) in [5, 5.41) is 4.11. The van der Waals surface area contributed by atoms with Crippen molar-refractivity contribution < 1.29 is 14.1 Å². The highest BCUT2D eigenvalue weighted by atomic mass is 16.5. The molecule has 162 valence electrons. The molecule has 1 aromatic carbocycles. The van der Waals surface area contributed by atoms with Gasteiger partial charge in [-0.1, -0.05) is 48.3 Å². The van der Waals surface area contributed by atoms with Crippen molar-refractivity contribution in [2.75, 3.05) is 32.8 Å². The number of amides is 1. The van der Waals surface area contributed by atoms with Crippen LogP contribution in [0.3, 0.4) is 0 Å². The molecule has 30 heavy (non-hydrogen) atoms. The molecule has 7 nitrogen and oxygen atoms in total. The third-order valence-corrected chi connectivity index (χ3v) is 5.98. The lowest BCUT2D eigenvalue weighted by atomic mass is 10.2. The zero-order valence-electron chi connectivity index (χ0n) is 17.7.